The van der Waals surface area contributed by atoms with E-state index in [2.05, 4.69) is 9.88 Å². The maximum atomic E-state index is 12.5. The number of anilines is 1. The monoisotopic (exact) mass is 289 g/mol. The highest BCUT2D eigenvalue weighted by molar-refractivity contribution is 5.95. The number of fused-ring (bicyclic) bond motifs is 1. The van der Waals surface area contributed by atoms with E-state index in [0.29, 0.717) is 24.5 Å². The van der Waals surface area contributed by atoms with Crippen molar-refractivity contribution < 1.29 is 9.59 Å². The molecule has 3 heterocycles. The minimum absolute atomic E-state index is 0.0918. The van der Waals surface area contributed by atoms with Crippen molar-refractivity contribution in [3.63, 3.8) is 0 Å². The lowest BCUT2D eigenvalue weighted by atomic mass is 10.1. The Balaban J connectivity index is 1.74. The molecule has 0 aromatic carbocycles. The van der Waals surface area contributed by atoms with Crippen molar-refractivity contribution in [3.05, 3.63) is 23.9 Å². The number of likely N-dealkylation sites (N-methyl/N-ethyl adjacent to an activating group) is 1. The molecule has 112 valence electrons. The fourth-order valence-electron chi connectivity index (χ4n) is 2.86. The van der Waals surface area contributed by atoms with E-state index in [1.54, 1.807) is 21.9 Å². The third-order valence-corrected chi connectivity index (χ3v) is 4.20. The van der Waals surface area contributed by atoms with Crippen LogP contribution in [0.5, 0.6) is 0 Å². The fourth-order valence-corrected chi connectivity index (χ4v) is 2.86. The van der Waals surface area contributed by atoms with Crippen molar-refractivity contribution in [1.29, 1.82) is 0 Å². The van der Waals surface area contributed by atoms with Crippen LogP contribution in [0, 0.1) is 0 Å². The van der Waals surface area contributed by atoms with Crippen LogP contribution in [0.4, 0.5) is 5.82 Å². The van der Waals surface area contributed by atoms with Gasteiger partial charge in [0.2, 0.25) is 5.91 Å². The van der Waals surface area contributed by atoms with Gasteiger partial charge in [0.1, 0.15) is 11.9 Å². The zero-order valence-corrected chi connectivity index (χ0v) is 12.0. The Kier molecular flexibility index (Phi) is 3.50. The molecule has 2 N–H and O–H groups in total. The number of aromatic nitrogens is 1. The molecular formula is C14H19N5O2. The van der Waals surface area contributed by atoms with Crippen LogP contribution in [-0.4, -0.2) is 77.3 Å². The number of carbonyl (C=O) groups excluding carboxylic acids is 2. The Labute approximate surface area is 123 Å². The topological polar surface area (TPSA) is 82.8 Å². The van der Waals surface area contributed by atoms with Gasteiger partial charge < -0.3 is 15.5 Å². The number of amides is 2. The summed E-state index contributed by atoms with van der Waals surface area (Å²) in [5.74, 6) is 0.387. The maximum absolute atomic E-state index is 12.5. The van der Waals surface area contributed by atoms with E-state index in [-0.39, 0.29) is 17.9 Å². The number of nitrogens with zero attached hydrogens (tertiary/aromatic N) is 4. The average molecular weight is 289 g/mol. The average Bonchev–Trinajstić information content (AvgIpc) is 2.51. The third-order valence-electron chi connectivity index (χ3n) is 4.20. The Bertz CT molecular complexity index is 559. The van der Waals surface area contributed by atoms with Crippen molar-refractivity contribution in [3.8, 4) is 0 Å². The first-order chi connectivity index (χ1) is 10.1. The lowest BCUT2D eigenvalue weighted by Gasteiger charge is -2.45. The van der Waals surface area contributed by atoms with Gasteiger partial charge in [-0.25, -0.2) is 4.98 Å². The van der Waals surface area contributed by atoms with E-state index in [1.807, 2.05) is 7.05 Å². The number of hydrogen-bond acceptors (Lipinski definition) is 5. The van der Waals surface area contributed by atoms with Crippen LogP contribution < -0.4 is 5.73 Å². The molecule has 0 aliphatic carbocycles. The lowest BCUT2D eigenvalue weighted by molar-refractivity contribution is -0.142. The Morgan fingerprint density at radius 3 is 2.76 bits per heavy atom. The molecule has 2 aliphatic heterocycles. The number of rotatable bonds is 1. The zero-order chi connectivity index (χ0) is 15.0. The van der Waals surface area contributed by atoms with Crippen LogP contribution in [0.1, 0.15) is 10.4 Å². The maximum Gasteiger partial charge on any atom is 0.255 e. The largest absolute Gasteiger partial charge is 0.384 e. The molecule has 7 nitrogen and oxygen atoms in total. The van der Waals surface area contributed by atoms with Crippen LogP contribution in [-0.2, 0) is 4.79 Å². The van der Waals surface area contributed by atoms with E-state index in [4.69, 9.17) is 5.73 Å². The number of nitrogens with two attached hydrogens (primary N) is 1. The summed E-state index contributed by atoms with van der Waals surface area (Å²) in [7, 11) is 1.81. The van der Waals surface area contributed by atoms with Gasteiger partial charge in [-0.15, -0.1) is 0 Å². The predicted octanol–water partition coefficient (Wildman–Crippen LogP) is -0.738. The molecule has 2 saturated heterocycles. The summed E-state index contributed by atoms with van der Waals surface area (Å²) in [6.07, 6.45) is 1.48. The summed E-state index contributed by atoms with van der Waals surface area (Å²) in [6.45, 7) is 3.44. The van der Waals surface area contributed by atoms with Gasteiger partial charge in [0.25, 0.3) is 5.91 Å². The molecule has 1 aromatic heterocycles. The number of nitrogen functional groups attached to an aromatic ring is 1. The van der Waals surface area contributed by atoms with Gasteiger partial charge in [-0.05, 0) is 12.1 Å². The van der Waals surface area contributed by atoms with Crippen molar-refractivity contribution in [1.82, 2.24) is 19.7 Å². The van der Waals surface area contributed by atoms with Crippen molar-refractivity contribution in [2.45, 2.75) is 6.04 Å². The number of hydrogen-bond donors (Lipinski definition) is 1. The van der Waals surface area contributed by atoms with E-state index in [1.165, 1.54) is 6.20 Å². The van der Waals surface area contributed by atoms with Crippen LogP contribution >= 0.6 is 0 Å². The molecule has 3 rings (SSSR count). The van der Waals surface area contributed by atoms with Gasteiger partial charge in [-0.3, -0.25) is 14.5 Å². The molecule has 0 unspecified atom stereocenters. The summed E-state index contributed by atoms with van der Waals surface area (Å²) in [5.41, 5.74) is 6.04. The molecular weight excluding hydrogens is 270 g/mol. The zero-order valence-electron chi connectivity index (χ0n) is 12.0. The van der Waals surface area contributed by atoms with Crippen LogP contribution in [0.15, 0.2) is 18.3 Å². The Hall–Kier alpha value is -2.15. The highest BCUT2D eigenvalue weighted by Gasteiger charge is 2.38. The van der Waals surface area contributed by atoms with Gasteiger partial charge in [-0.2, -0.15) is 0 Å². The van der Waals surface area contributed by atoms with Gasteiger partial charge in [0, 0.05) is 46.0 Å². The molecule has 0 radical (unpaired) electrons. The molecule has 21 heavy (non-hydrogen) atoms. The summed E-state index contributed by atoms with van der Waals surface area (Å²) >= 11 is 0. The second kappa shape index (κ2) is 5.33. The first-order valence-corrected chi connectivity index (χ1v) is 7.06. The fraction of sp³-hybridized carbons (Fsp3) is 0.500. The van der Waals surface area contributed by atoms with Crippen LogP contribution in [0.3, 0.4) is 0 Å². The molecule has 1 aromatic rings. The molecule has 0 saturated carbocycles. The third kappa shape index (κ3) is 2.56. The first kappa shape index (κ1) is 13.8. The number of pyridine rings is 1. The molecule has 2 fully saturated rings. The molecule has 0 bridgehead atoms. The quantitative estimate of drug-likeness (QED) is 0.736. The number of piperazine rings is 2. The molecule has 7 heteroatoms. The Morgan fingerprint density at radius 1 is 1.29 bits per heavy atom. The van der Waals surface area contributed by atoms with Crippen molar-refractivity contribution >= 4 is 17.6 Å². The minimum Gasteiger partial charge on any atom is -0.384 e. The van der Waals surface area contributed by atoms with E-state index < -0.39 is 0 Å². The van der Waals surface area contributed by atoms with Crippen molar-refractivity contribution in [2.75, 3.05) is 45.5 Å². The highest BCUT2D eigenvalue weighted by atomic mass is 16.2. The smallest absolute Gasteiger partial charge is 0.255 e. The lowest BCUT2D eigenvalue weighted by Crippen LogP contribution is -2.64. The normalized spacial score (nSPS) is 23.1. The van der Waals surface area contributed by atoms with Gasteiger partial charge in [0.05, 0.1) is 5.56 Å². The SMILES string of the molecule is CN1CCN2CCN(C(=O)c3ccc(N)nc3)C[C@@H]2C1=O. The molecule has 1 atom stereocenters. The second-order valence-electron chi connectivity index (χ2n) is 5.53. The molecule has 0 spiro atoms. The van der Waals surface area contributed by atoms with Crippen molar-refractivity contribution in [2.24, 2.45) is 0 Å². The van der Waals surface area contributed by atoms with E-state index >= 15 is 0 Å². The standard InChI is InChI=1S/C14H19N5O2/c1-17-4-5-18-6-7-19(9-11(18)14(17)21)13(20)10-2-3-12(15)16-8-10/h2-3,8,11H,4-7,9H2,1H3,(H2,15,16)/t11-/m1/s1. The molecule has 2 aliphatic rings. The summed E-state index contributed by atoms with van der Waals surface area (Å²) in [6, 6.07) is 3.07. The van der Waals surface area contributed by atoms with E-state index in [0.717, 1.165) is 19.6 Å². The van der Waals surface area contributed by atoms with E-state index in [9.17, 15) is 9.59 Å². The number of carbonyl (C=O) groups is 2. The summed E-state index contributed by atoms with van der Waals surface area (Å²) in [4.78, 5) is 34.3. The molecule has 2 amide bonds. The van der Waals surface area contributed by atoms with Gasteiger partial charge >= 0.3 is 0 Å². The van der Waals surface area contributed by atoms with Crippen LogP contribution in [0.25, 0.3) is 0 Å². The predicted molar refractivity (Wildman–Crippen MR) is 77.6 cm³/mol. The first-order valence-electron chi connectivity index (χ1n) is 7.06. The van der Waals surface area contributed by atoms with Gasteiger partial charge in [-0.1, -0.05) is 0 Å². The summed E-state index contributed by atoms with van der Waals surface area (Å²) in [5, 5.41) is 0. The second-order valence-corrected chi connectivity index (χ2v) is 5.53. The van der Waals surface area contributed by atoms with Gasteiger partial charge in [0.15, 0.2) is 0 Å². The van der Waals surface area contributed by atoms with Crippen LogP contribution in [0.2, 0.25) is 0 Å². The minimum atomic E-state index is -0.219. The Morgan fingerprint density at radius 2 is 2.05 bits per heavy atom. The summed E-state index contributed by atoms with van der Waals surface area (Å²) < 4.78 is 0. The highest BCUT2D eigenvalue weighted by Crippen LogP contribution is 2.18.